The number of aryl methyl sites for hydroxylation is 1. The Morgan fingerprint density at radius 2 is 2.04 bits per heavy atom. The zero-order valence-electron chi connectivity index (χ0n) is 15.4. The summed E-state index contributed by atoms with van der Waals surface area (Å²) in [4.78, 5) is 12.0. The molecule has 0 radical (unpaired) electrons. The number of carbonyl (C=O) groups excluding carboxylic acids is 1. The van der Waals surface area contributed by atoms with Gasteiger partial charge in [-0.1, -0.05) is 36.7 Å². The smallest absolute Gasteiger partial charge is 0.220 e. The molecular weight excluding hydrogens is 364 g/mol. The summed E-state index contributed by atoms with van der Waals surface area (Å²) < 4.78 is 1.67. The van der Waals surface area contributed by atoms with Crippen molar-refractivity contribution >= 4 is 29.0 Å². The molecule has 27 heavy (non-hydrogen) atoms. The third-order valence-corrected chi connectivity index (χ3v) is 4.71. The maximum absolute atomic E-state index is 12.0. The standard InChI is InChI=1S/C19H23ClN6O/c1-3-13(2)22-19(27)11-10-18-24-23-17-9-8-16(25-26(17)18)21-12-14-6-4-5-7-15(14)20/h4-9,13H,3,10-12H2,1-2H3,(H,21,25)(H,22,27)/t13-/m1/s1. The van der Waals surface area contributed by atoms with E-state index in [4.69, 9.17) is 11.6 Å². The Kier molecular flexibility index (Phi) is 6.24. The van der Waals surface area contributed by atoms with Gasteiger partial charge in [0.05, 0.1) is 0 Å². The van der Waals surface area contributed by atoms with Crippen molar-refractivity contribution in [2.75, 3.05) is 5.32 Å². The number of anilines is 1. The third-order valence-electron chi connectivity index (χ3n) is 4.34. The number of hydrogen-bond donors (Lipinski definition) is 2. The number of nitrogens with zero attached hydrogens (tertiary/aromatic N) is 4. The molecule has 7 nitrogen and oxygen atoms in total. The van der Waals surface area contributed by atoms with Crippen LogP contribution in [-0.2, 0) is 17.8 Å². The highest BCUT2D eigenvalue weighted by molar-refractivity contribution is 6.31. The molecule has 142 valence electrons. The van der Waals surface area contributed by atoms with Gasteiger partial charge in [0.2, 0.25) is 5.91 Å². The Morgan fingerprint density at radius 3 is 2.81 bits per heavy atom. The van der Waals surface area contributed by atoms with Crippen molar-refractivity contribution in [3.8, 4) is 0 Å². The van der Waals surface area contributed by atoms with E-state index >= 15 is 0 Å². The van der Waals surface area contributed by atoms with Crippen LogP contribution in [0.2, 0.25) is 5.02 Å². The molecule has 0 unspecified atom stereocenters. The van der Waals surface area contributed by atoms with Gasteiger partial charge in [0.1, 0.15) is 5.82 Å². The molecule has 1 aromatic carbocycles. The molecule has 0 fully saturated rings. The maximum atomic E-state index is 12.0. The predicted molar refractivity (Wildman–Crippen MR) is 106 cm³/mol. The number of benzene rings is 1. The van der Waals surface area contributed by atoms with E-state index in [2.05, 4.69) is 25.9 Å². The molecule has 0 saturated carbocycles. The quantitative estimate of drug-likeness (QED) is 0.620. The van der Waals surface area contributed by atoms with E-state index in [1.807, 2.05) is 50.2 Å². The molecule has 1 atom stereocenters. The van der Waals surface area contributed by atoms with Gasteiger partial charge >= 0.3 is 0 Å². The largest absolute Gasteiger partial charge is 0.364 e. The van der Waals surface area contributed by atoms with Gasteiger partial charge in [0.25, 0.3) is 0 Å². The van der Waals surface area contributed by atoms with E-state index in [-0.39, 0.29) is 11.9 Å². The summed E-state index contributed by atoms with van der Waals surface area (Å²) in [6.45, 7) is 4.59. The Hall–Kier alpha value is -2.67. The molecule has 0 bridgehead atoms. The summed E-state index contributed by atoms with van der Waals surface area (Å²) in [7, 11) is 0. The Balaban J connectivity index is 1.67. The molecule has 0 aliphatic heterocycles. The van der Waals surface area contributed by atoms with Crippen molar-refractivity contribution in [1.82, 2.24) is 25.1 Å². The third kappa shape index (κ3) is 4.95. The van der Waals surface area contributed by atoms with Crippen molar-refractivity contribution in [2.24, 2.45) is 0 Å². The fraction of sp³-hybridized carbons (Fsp3) is 0.368. The maximum Gasteiger partial charge on any atom is 0.220 e. The number of carbonyl (C=O) groups is 1. The first-order valence-electron chi connectivity index (χ1n) is 9.04. The van der Waals surface area contributed by atoms with Crippen LogP contribution >= 0.6 is 11.6 Å². The lowest BCUT2D eigenvalue weighted by Crippen LogP contribution is -2.32. The average Bonchev–Trinajstić information content (AvgIpc) is 3.08. The minimum Gasteiger partial charge on any atom is -0.364 e. The van der Waals surface area contributed by atoms with E-state index in [0.717, 1.165) is 12.0 Å². The molecule has 2 heterocycles. The van der Waals surface area contributed by atoms with Gasteiger partial charge in [-0.2, -0.15) is 4.52 Å². The molecule has 0 saturated heterocycles. The first-order valence-corrected chi connectivity index (χ1v) is 9.42. The van der Waals surface area contributed by atoms with E-state index in [0.29, 0.717) is 41.7 Å². The van der Waals surface area contributed by atoms with Gasteiger partial charge in [-0.25, -0.2) is 0 Å². The fourth-order valence-corrected chi connectivity index (χ4v) is 2.79. The highest BCUT2D eigenvalue weighted by Crippen LogP contribution is 2.16. The number of rotatable bonds is 8. The second kappa shape index (κ2) is 8.81. The fourth-order valence-electron chi connectivity index (χ4n) is 2.59. The van der Waals surface area contributed by atoms with Crippen LogP contribution in [-0.4, -0.2) is 31.8 Å². The average molecular weight is 387 g/mol. The number of halogens is 1. The summed E-state index contributed by atoms with van der Waals surface area (Å²) in [6, 6.07) is 11.5. The van der Waals surface area contributed by atoms with Gasteiger partial charge in [-0.3, -0.25) is 4.79 Å². The van der Waals surface area contributed by atoms with E-state index in [1.165, 1.54) is 0 Å². The molecular formula is C19H23ClN6O. The Labute approximate surface area is 163 Å². The summed E-state index contributed by atoms with van der Waals surface area (Å²) >= 11 is 6.19. The number of aromatic nitrogens is 4. The summed E-state index contributed by atoms with van der Waals surface area (Å²) in [5, 5.41) is 19.7. The van der Waals surface area contributed by atoms with Crippen LogP contribution in [0.15, 0.2) is 36.4 Å². The van der Waals surface area contributed by atoms with Crippen molar-refractivity contribution in [3.63, 3.8) is 0 Å². The molecule has 0 aliphatic carbocycles. The van der Waals surface area contributed by atoms with Gasteiger partial charge in [0.15, 0.2) is 11.5 Å². The van der Waals surface area contributed by atoms with Crippen LogP contribution in [0.1, 0.15) is 38.1 Å². The van der Waals surface area contributed by atoms with E-state index in [1.54, 1.807) is 4.52 Å². The number of hydrogen-bond acceptors (Lipinski definition) is 5. The Morgan fingerprint density at radius 1 is 1.22 bits per heavy atom. The van der Waals surface area contributed by atoms with Crippen LogP contribution in [0.5, 0.6) is 0 Å². The van der Waals surface area contributed by atoms with Gasteiger partial charge in [-0.05, 0) is 37.1 Å². The molecule has 0 aliphatic rings. The zero-order chi connectivity index (χ0) is 19.2. The lowest BCUT2D eigenvalue weighted by molar-refractivity contribution is -0.121. The highest BCUT2D eigenvalue weighted by Gasteiger charge is 2.11. The minimum absolute atomic E-state index is 0.00843. The van der Waals surface area contributed by atoms with Crippen LogP contribution < -0.4 is 10.6 Å². The van der Waals surface area contributed by atoms with Gasteiger partial charge in [-0.15, -0.1) is 15.3 Å². The SMILES string of the molecule is CC[C@@H](C)NC(=O)CCc1nnc2ccc(NCc3ccccc3Cl)nn12. The summed E-state index contributed by atoms with van der Waals surface area (Å²) in [5.74, 6) is 1.35. The van der Waals surface area contributed by atoms with Crippen molar-refractivity contribution in [2.45, 2.75) is 45.7 Å². The van der Waals surface area contributed by atoms with Gasteiger partial charge < -0.3 is 10.6 Å². The highest BCUT2D eigenvalue weighted by atomic mass is 35.5. The van der Waals surface area contributed by atoms with Crippen molar-refractivity contribution in [1.29, 1.82) is 0 Å². The van der Waals surface area contributed by atoms with E-state index in [9.17, 15) is 4.79 Å². The molecule has 1 amide bonds. The van der Waals surface area contributed by atoms with Crippen LogP contribution in [0.4, 0.5) is 5.82 Å². The molecule has 2 N–H and O–H groups in total. The van der Waals surface area contributed by atoms with Gasteiger partial charge in [0, 0.05) is 30.5 Å². The zero-order valence-corrected chi connectivity index (χ0v) is 16.2. The first kappa shape index (κ1) is 19.1. The monoisotopic (exact) mass is 386 g/mol. The molecule has 2 aromatic heterocycles. The Bertz CT molecular complexity index is 925. The molecule has 8 heteroatoms. The summed E-state index contributed by atoms with van der Waals surface area (Å²) in [6.07, 6.45) is 1.73. The van der Waals surface area contributed by atoms with Crippen molar-refractivity contribution < 1.29 is 4.79 Å². The number of amides is 1. The molecule has 0 spiro atoms. The molecule has 3 rings (SSSR count). The lowest BCUT2D eigenvalue weighted by atomic mass is 10.2. The van der Waals surface area contributed by atoms with E-state index < -0.39 is 0 Å². The van der Waals surface area contributed by atoms with Crippen molar-refractivity contribution in [3.05, 3.63) is 52.8 Å². The van der Waals surface area contributed by atoms with Crippen LogP contribution in [0.25, 0.3) is 5.65 Å². The normalized spacial score (nSPS) is 12.1. The predicted octanol–water partition coefficient (Wildman–Crippen LogP) is 3.24. The molecule has 3 aromatic rings. The first-order chi connectivity index (χ1) is 13.1. The topological polar surface area (TPSA) is 84.2 Å². The second-order valence-corrected chi connectivity index (χ2v) is 6.83. The second-order valence-electron chi connectivity index (χ2n) is 6.43. The number of fused-ring (bicyclic) bond motifs is 1. The van der Waals surface area contributed by atoms with Crippen LogP contribution in [0, 0.1) is 0 Å². The summed E-state index contributed by atoms with van der Waals surface area (Å²) in [5.41, 5.74) is 1.64. The lowest BCUT2D eigenvalue weighted by Gasteiger charge is -2.10. The number of nitrogens with one attached hydrogen (secondary N) is 2. The minimum atomic E-state index is 0.00843. The van der Waals surface area contributed by atoms with Crippen LogP contribution in [0.3, 0.4) is 0 Å².